The van der Waals surface area contributed by atoms with Gasteiger partial charge in [-0.15, -0.1) is 0 Å². The van der Waals surface area contributed by atoms with Crippen LogP contribution < -0.4 is 0 Å². The van der Waals surface area contributed by atoms with Crippen LogP contribution in [0.1, 0.15) is 26.3 Å². The zero-order valence-electron chi connectivity index (χ0n) is 11.1. The largest absolute Gasteiger partial charge is 0.412 e. The van der Waals surface area contributed by atoms with E-state index in [2.05, 4.69) is 56.5 Å². The molecule has 96 valence electrons. The Morgan fingerprint density at radius 3 is 2.35 bits per heavy atom. The maximum Gasteiger partial charge on any atom is 0.192 e. The van der Waals surface area contributed by atoms with E-state index in [0.717, 1.165) is 3.57 Å². The quantitative estimate of drug-likeness (QED) is 0.543. The molecule has 0 aromatic heterocycles. The molecule has 1 aromatic carbocycles. The summed E-state index contributed by atoms with van der Waals surface area (Å²) in [6.45, 7) is 11.3. The lowest BCUT2D eigenvalue weighted by molar-refractivity contribution is 0.271. The second-order valence-electron chi connectivity index (χ2n) is 5.78. The van der Waals surface area contributed by atoms with Crippen molar-refractivity contribution in [3.63, 3.8) is 0 Å². The summed E-state index contributed by atoms with van der Waals surface area (Å²) in [6.07, 6.45) is 0. The van der Waals surface area contributed by atoms with Crippen LogP contribution in [0, 0.1) is 9.39 Å². The first-order valence-corrected chi connectivity index (χ1v) is 9.70. The van der Waals surface area contributed by atoms with Gasteiger partial charge in [-0.1, -0.05) is 26.8 Å². The van der Waals surface area contributed by atoms with Crippen LogP contribution in [0.3, 0.4) is 0 Å². The minimum Gasteiger partial charge on any atom is -0.412 e. The Kier molecular flexibility index (Phi) is 4.77. The average molecular weight is 366 g/mol. The summed E-state index contributed by atoms with van der Waals surface area (Å²) in [7, 11) is -1.79. The Balaban J connectivity index is 2.74. The van der Waals surface area contributed by atoms with Crippen molar-refractivity contribution >= 4 is 30.9 Å². The van der Waals surface area contributed by atoms with Gasteiger partial charge in [-0.3, -0.25) is 0 Å². The van der Waals surface area contributed by atoms with Gasteiger partial charge in [-0.25, -0.2) is 4.39 Å². The van der Waals surface area contributed by atoms with Gasteiger partial charge in [-0.05, 0) is 52.9 Å². The molecule has 0 radical (unpaired) electrons. The molecule has 1 aromatic rings. The molecule has 0 saturated heterocycles. The van der Waals surface area contributed by atoms with E-state index in [4.69, 9.17) is 4.43 Å². The molecular weight excluding hydrogens is 346 g/mol. The zero-order valence-corrected chi connectivity index (χ0v) is 14.3. The molecule has 0 heterocycles. The van der Waals surface area contributed by atoms with E-state index < -0.39 is 8.32 Å². The summed E-state index contributed by atoms with van der Waals surface area (Å²) in [5, 5.41) is 0.159. The highest BCUT2D eigenvalue weighted by molar-refractivity contribution is 14.1. The van der Waals surface area contributed by atoms with E-state index >= 15 is 0 Å². The van der Waals surface area contributed by atoms with Gasteiger partial charge < -0.3 is 4.43 Å². The Morgan fingerprint density at radius 1 is 1.29 bits per heavy atom. The van der Waals surface area contributed by atoms with Crippen molar-refractivity contribution in [3.8, 4) is 0 Å². The summed E-state index contributed by atoms with van der Waals surface area (Å²) >= 11 is 2.11. The summed E-state index contributed by atoms with van der Waals surface area (Å²) in [6, 6.07) is 5.27. The average Bonchev–Trinajstić information content (AvgIpc) is 2.14. The van der Waals surface area contributed by atoms with Crippen LogP contribution in [-0.4, -0.2) is 8.32 Å². The standard InChI is InChI=1S/C13H20FIOSi/c1-13(2,3)17(4,5)16-9-10-6-7-11(15)8-12(10)14/h6-8H,9H2,1-5H3. The lowest BCUT2D eigenvalue weighted by Crippen LogP contribution is -2.40. The van der Waals surface area contributed by atoms with Gasteiger partial charge in [0.2, 0.25) is 0 Å². The lowest BCUT2D eigenvalue weighted by Gasteiger charge is -2.36. The fraction of sp³-hybridized carbons (Fsp3) is 0.538. The molecule has 0 unspecified atom stereocenters. The summed E-state index contributed by atoms with van der Waals surface area (Å²) in [5.74, 6) is -0.171. The molecule has 1 rings (SSSR count). The highest BCUT2D eigenvalue weighted by Gasteiger charge is 2.37. The second-order valence-corrected chi connectivity index (χ2v) is 11.8. The van der Waals surface area contributed by atoms with E-state index in [1.165, 1.54) is 0 Å². The predicted molar refractivity (Wildman–Crippen MR) is 81.1 cm³/mol. The van der Waals surface area contributed by atoms with E-state index in [1.807, 2.05) is 12.1 Å². The summed E-state index contributed by atoms with van der Waals surface area (Å²) in [4.78, 5) is 0. The first kappa shape index (κ1) is 15.1. The van der Waals surface area contributed by atoms with Crippen LogP contribution in [0.5, 0.6) is 0 Å². The second kappa shape index (κ2) is 5.36. The SMILES string of the molecule is CC(C)(C)[Si](C)(C)OCc1ccc(I)cc1F. The van der Waals surface area contributed by atoms with Crippen LogP contribution in [0.2, 0.25) is 18.1 Å². The number of hydrogen-bond donors (Lipinski definition) is 0. The molecule has 4 heteroatoms. The molecule has 0 aliphatic heterocycles. The van der Waals surface area contributed by atoms with Gasteiger partial charge in [0.05, 0.1) is 6.61 Å². The highest BCUT2D eigenvalue weighted by Crippen LogP contribution is 2.37. The van der Waals surface area contributed by atoms with E-state index in [9.17, 15) is 4.39 Å². The Morgan fingerprint density at radius 2 is 1.88 bits per heavy atom. The van der Waals surface area contributed by atoms with E-state index in [1.54, 1.807) is 6.07 Å². The minimum absolute atomic E-state index is 0.159. The molecular formula is C13H20FIOSi. The number of benzene rings is 1. The first-order chi connectivity index (χ1) is 7.63. The maximum absolute atomic E-state index is 13.7. The van der Waals surface area contributed by atoms with Crippen LogP contribution >= 0.6 is 22.6 Å². The molecule has 1 nitrogen and oxygen atoms in total. The van der Waals surface area contributed by atoms with Gasteiger partial charge in [-0.2, -0.15) is 0 Å². The van der Waals surface area contributed by atoms with Gasteiger partial charge in [0.15, 0.2) is 8.32 Å². The fourth-order valence-corrected chi connectivity index (χ4v) is 2.52. The van der Waals surface area contributed by atoms with Crippen LogP contribution in [0.4, 0.5) is 4.39 Å². The summed E-state index contributed by atoms with van der Waals surface area (Å²) in [5.41, 5.74) is 0.648. The molecule has 0 saturated carbocycles. The van der Waals surface area contributed by atoms with Crippen molar-refractivity contribution in [3.05, 3.63) is 33.1 Å². The zero-order chi connectivity index (χ0) is 13.3. The van der Waals surface area contributed by atoms with Gasteiger partial charge in [0, 0.05) is 9.13 Å². The molecule has 0 aliphatic carbocycles. The third-order valence-electron chi connectivity index (χ3n) is 3.41. The van der Waals surface area contributed by atoms with E-state index in [0.29, 0.717) is 12.2 Å². The van der Waals surface area contributed by atoms with Crippen LogP contribution in [0.25, 0.3) is 0 Å². The Hall–Kier alpha value is 0.0569. The Bertz CT molecular complexity index is 399. The van der Waals surface area contributed by atoms with Crippen LogP contribution in [0.15, 0.2) is 18.2 Å². The van der Waals surface area contributed by atoms with E-state index in [-0.39, 0.29) is 10.9 Å². The molecule has 0 N–H and O–H groups in total. The first-order valence-electron chi connectivity index (χ1n) is 5.71. The van der Waals surface area contributed by atoms with Crippen molar-refractivity contribution in [1.29, 1.82) is 0 Å². The fourth-order valence-electron chi connectivity index (χ4n) is 1.11. The minimum atomic E-state index is -1.79. The van der Waals surface area contributed by atoms with Crippen molar-refractivity contribution in [2.45, 2.75) is 45.5 Å². The van der Waals surface area contributed by atoms with Gasteiger partial charge in [0.1, 0.15) is 5.82 Å². The van der Waals surface area contributed by atoms with Crippen molar-refractivity contribution in [2.75, 3.05) is 0 Å². The number of rotatable bonds is 3. The third kappa shape index (κ3) is 4.03. The topological polar surface area (TPSA) is 9.23 Å². The third-order valence-corrected chi connectivity index (χ3v) is 8.56. The smallest absolute Gasteiger partial charge is 0.192 e. The number of halogens is 2. The number of hydrogen-bond acceptors (Lipinski definition) is 1. The monoisotopic (exact) mass is 366 g/mol. The highest BCUT2D eigenvalue weighted by atomic mass is 127. The normalized spacial score (nSPS) is 12.9. The lowest BCUT2D eigenvalue weighted by atomic mass is 10.2. The van der Waals surface area contributed by atoms with Crippen molar-refractivity contribution < 1.29 is 8.82 Å². The maximum atomic E-state index is 13.7. The molecule has 0 bridgehead atoms. The van der Waals surface area contributed by atoms with Gasteiger partial charge >= 0.3 is 0 Å². The molecule has 0 aliphatic rings. The van der Waals surface area contributed by atoms with Crippen LogP contribution in [-0.2, 0) is 11.0 Å². The molecule has 17 heavy (non-hydrogen) atoms. The van der Waals surface area contributed by atoms with Crippen molar-refractivity contribution in [2.24, 2.45) is 0 Å². The van der Waals surface area contributed by atoms with Gasteiger partial charge in [0.25, 0.3) is 0 Å². The predicted octanol–water partition coefficient (Wildman–Crippen LogP) is 4.95. The molecule has 0 atom stereocenters. The summed E-state index contributed by atoms with van der Waals surface area (Å²) < 4.78 is 20.6. The molecule has 0 spiro atoms. The molecule has 0 amide bonds. The Labute approximate surface area is 118 Å². The molecule has 0 fully saturated rings. The van der Waals surface area contributed by atoms with Crippen molar-refractivity contribution in [1.82, 2.24) is 0 Å².